The Labute approximate surface area is 80.6 Å². The third kappa shape index (κ3) is 8.82. The zero-order valence-electron chi connectivity index (χ0n) is 2.29. The van der Waals surface area contributed by atoms with Gasteiger partial charge in [-0.15, -0.1) is 0 Å². The monoisotopic (exact) mass is 306 g/mol. The van der Waals surface area contributed by atoms with Crippen molar-refractivity contribution in [3.8, 4) is 0 Å². The molecule has 0 saturated heterocycles. The molecular formula is CuInZn2. The SMILES string of the molecule is [Cu].[In].[Zn].[Zn]. The molecule has 0 nitrogen and oxygen atoms in total. The molecule has 0 aromatic rings. The molecule has 4 heteroatoms. The van der Waals surface area contributed by atoms with Crippen molar-refractivity contribution in [2.24, 2.45) is 0 Å². The van der Waals surface area contributed by atoms with Crippen LogP contribution in [0.1, 0.15) is 0 Å². The summed E-state index contributed by atoms with van der Waals surface area (Å²) >= 11 is 0. The Morgan fingerprint density at radius 1 is 0.750 bits per heavy atom. The van der Waals surface area contributed by atoms with Crippen LogP contribution in [0.5, 0.6) is 0 Å². The Hall–Kier alpha value is 2.64. The molecule has 0 aromatic carbocycles. The zero-order valence-corrected chi connectivity index (χ0v) is 12.5. The minimum absolute atomic E-state index is 0. The molecule has 4 radical (unpaired) electrons. The first-order chi connectivity index (χ1) is 0. The van der Waals surface area contributed by atoms with Crippen LogP contribution in [0.4, 0.5) is 0 Å². The maximum Gasteiger partial charge on any atom is 0 e. The molecule has 0 heterocycles. The second-order valence-electron chi connectivity index (χ2n) is 0. The van der Waals surface area contributed by atoms with Gasteiger partial charge in [-0.2, -0.15) is 0 Å². The molecule has 0 fully saturated rings. The Morgan fingerprint density at radius 2 is 0.750 bits per heavy atom. The van der Waals surface area contributed by atoms with E-state index in [1.54, 1.807) is 0 Å². The largest absolute Gasteiger partial charge is 0 e. The Morgan fingerprint density at radius 3 is 0.750 bits per heavy atom. The molecule has 0 atom stereocenters. The molecule has 0 bridgehead atoms. The normalized spacial score (nSPS) is 0. The molecule has 0 unspecified atom stereocenters. The van der Waals surface area contributed by atoms with E-state index in [4.69, 9.17) is 0 Å². The van der Waals surface area contributed by atoms with Gasteiger partial charge >= 0.3 is 0 Å². The van der Waals surface area contributed by atoms with E-state index >= 15 is 0 Å². The summed E-state index contributed by atoms with van der Waals surface area (Å²) in [4.78, 5) is 0. The van der Waals surface area contributed by atoms with Crippen LogP contribution in [0.2, 0.25) is 0 Å². The van der Waals surface area contributed by atoms with Crippen molar-refractivity contribution in [3.63, 3.8) is 0 Å². The van der Waals surface area contributed by atoms with E-state index in [0.717, 1.165) is 0 Å². The van der Waals surface area contributed by atoms with Gasteiger partial charge in [0.2, 0.25) is 0 Å². The van der Waals surface area contributed by atoms with Crippen molar-refractivity contribution in [1.82, 2.24) is 0 Å². The van der Waals surface area contributed by atoms with Gasteiger partial charge in [-0.05, 0) is 0 Å². The van der Waals surface area contributed by atoms with Gasteiger partial charge in [-0.3, -0.25) is 0 Å². The van der Waals surface area contributed by atoms with E-state index in [9.17, 15) is 0 Å². The molecule has 0 aliphatic rings. The van der Waals surface area contributed by atoms with Crippen molar-refractivity contribution in [1.29, 1.82) is 0 Å². The summed E-state index contributed by atoms with van der Waals surface area (Å²) in [7, 11) is 0. The fraction of sp³-hybridized carbons (Fsp3) is 0. The molecule has 0 aromatic heterocycles. The van der Waals surface area contributed by atoms with Gasteiger partial charge in [0.1, 0.15) is 0 Å². The Balaban J connectivity index is 0. The molecule has 0 saturated carbocycles. The average Bonchev–Trinajstić information content (AvgIpc) is 0. The molecule has 0 N–H and O–H groups in total. The molecule has 18 valence electrons. The molecular weight excluding hydrogens is 309 g/mol. The van der Waals surface area contributed by atoms with Crippen molar-refractivity contribution < 1.29 is 56.0 Å². The summed E-state index contributed by atoms with van der Waals surface area (Å²) in [5.41, 5.74) is 0. The zero-order chi connectivity index (χ0) is 0. The van der Waals surface area contributed by atoms with Gasteiger partial charge in [0.05, 0.1) is 0 Å². The molecule has 0 aliphatic heterocycles. The summed E-state index contributed by atoms with van der Waals surface area (Å²) in [6.45, 7) is 0. The van der Waals surface area contributed by atoms with Gasteiger partial charge in [-0.1, -0.05) is 0 Å². The number of rotatable bonds is 0. The Bertz CT molecular complexity index is 6.00. The van der Waals surface area contributed by atoms with Crippen molar-refractivity contribution >= 4 is 25.8 Å². The van der Waals surface area contributed by atoms with E-state index < -0.39 is 0 Å². The number of hydrogen-bond donors (Lipinski definition) is 0. The Kier molecular flexibility index (Phi) is 132. The standard InChI is InChI=1S/Cu.In.2Zn. The van der Waals surface area contributed by atoms with Crippen LogP contribution in [0.15, 0.2) is 0 Å². The van der Waals surface area contributed by atoms with E-state index in [2.05, 4.69) is 0 Å². The van der Waals surface area contributed by atoms with Crippen LogP contribution in [0.25, 0.3) is 0 Å². The molecule has 0 amide bonds. The summed E-state index contributed by atoms with van der Waals surface area (Å²) < 4.78 is 0. The summed E-state index contributed by atoms with van der Waals surface area (Å²) in [6, 6.07) is 0. The molecule has 0 spiro atoms. The smallest absolute Gasteiger partial charge is 0 e. The predicted octanol–water partition coefficient (Wildman–Crippen LogP) is -0.388. The predicted molar refractivity (Wildman–Crippen MR) is 5.75 cm³/mol. The minimum Gasteiger partial charge on any atom is 0 e. The molecule has 0 rings (SSSR count). The van der Waals surface area contributed by atoms with Crippen LogP contribution in [-0.4, -0.2) is 25.8 Å². The van der Waals surface area contributed by atoms with Crippen LogP contribution in [-0.2, 0) is 56.0 Å². The van der Waals surface area contributed by atoms with Crippen molar-refractivity contribution in [3.05, 3.63) is 0 Å². The van der Waals surface area contributed by atoms with Gasteiger partial charge in [0.15, 0.2) is 0 Å². The van der Waals surface area contributed by atoms with Gasteiger partial charge in [0, 0.05) is 81.9 Å². The second-order valence-corrected chi connectivity index (χ2v) is 0. The summed E-state index contributed by atoms with van der Waals surface area (Å²) in [5, 5.41) is 0. The first-order valence-corrected chi connectivity index (χ1v) is 0. The van der Waals surface area contributed by atoms with Gasteiger partial charge in [0.25, 0.3) is 0 Å². The van der Waals surface area contributed by atoms with E-state index in [-0.39, 0.29) is 81.9 Å². The molecule has 4 heavy (non-hydrogen) atoms. The quantitative estimate of drug-likeness (QED) is 0.535. The van der Waals surface area contributed by atoms with Crippen LogP contribution >= 0.6 is 0 Å². The fourth-order valence-corrected chi connectivity index (χ4v) is 0. The maximum atomic E-state index is 0. The first kappa shape index (κ1) is 30.3. The van der Waals surface area contributed by atoms with E-state index in [1.165, 1.54) is 0 Å². The van der Waals surface area contributed by atoms with Crippen LogP contribution < -0.4 is 0 Å². The topological polar surface area (TPSA) is 0 Å². The summed E-state index contributed by atoms with van der Waals surface area (Å²) in [6.07, 6.45) is 0. The van der Waals surface area contributed by atoms with Crippen LogP contribution in [0, 0.1) is 0 Å². The fourth-order valence-electron chi connectivity index (χ4n) is 0. The van der Waals surface area contributed by atoms with E-state index in [1.807, 2.05) is 0 Å². The van der Waals surface area contributed by atoms with Gasteiger partial charge in [-0.25, -0.2) is 0 Å². The maximum absolute atomic E-state index is 0. The van der Waals surface area contributed by atoms with Crippen molar-refractivity contribution in [2.45, 2.75) is 0 Å². The van der Waals surface area contributed by atoms with Crippen molar-refractivity contribution in [2.75, 3.05) is 0 Å². The summed E-state index contributed by atoms with van der Waals surface area (Å²) in [5.74, 6) is 0. The molecule has 0 aliphatic carbocycles. The first-order valence-electron chi connectivity index (χ1n) is 0. The minimum atomic E-state index is 0. The third-order valence-corrected chi connectivity index (χ3v) is 0. The van der Waals surface area contributed by atoms with Gasteiger partial charge < -0.3 is 0 Å². The average molecular weight is 309 g/mol. The van der Waals surface area contributed by atoms with E-state index in [0.29, 0.717) is 0 Å². The third-order valence-electron chi connectivity index (χ3n) is 0. The van der Waals surface area contributed by atoms with Crippen LogP contribution in [0.3, 0.4) is 0 Å². The second kappa shape index (κ2) is 17.4. The number of hydrogen-bond acceptors (Lipinski definition) is 0.